The summed E-state index contributed by atoms with van der Waals surface area (Å²) in [4.78, 5) is 27.0. The van der Waals surface area contributed by atoms with Crippen molar-refractivity contribution < 1.29 is 19.8 Å². The second kappa shape index (κ2) is 14.9. The smallest absolute Gasteiger partial charge is 0.404 e. The van der Waals surface area contributed by atoms with Crippen LogP contribution in [0.5, 0.6) is 0 Å². The molecule has 4 rings (SSSR count). The van der Waals surface area contributed by atoms with Gasteiger partial charge in [0.25, 0.3) is 5.91 Å². The zero-order chi connectivity index (χ0) is 31.0. The van der Waals surface area contributed by atoms with Gasteiger partial charge in [0, 0.05) is 48.2 Å². The summed E-state index contributed by atoms with van der Waals surface area (Å²) in [6.45, 7) is 6.13. The Hall–Kier alpha value is -3.39. The molecule has 230 valence electrons. The van der Waals surface area contributed by atoms with E-state index in [1.807, 2.05) is 54.4 Å². The van der Waals surface area contributed by atoms with Gasteiger partial charge < -0.3 is 25.7 Å². The summed E-state index contributed by atoms with van der Waals surface area (Å²) in [6, 6.07) is 19.9. The number of carbonyl (C=O) groups excluding carboxylic acids is 1. The first-order valence-corrected chi connectivity index (χ1v) is 15.7. The van der Waals surface area contributed by atoms with Crippen molar-refractivity contribution in [1.82, 2.24) is 15.5 Å². The fourth-order valence-corrected chi connectivity index (χ4v) is 6.70. The molecule has 0 aromatic heterocycles. The molecule has 1 fully saturated rings. The molecule has 1 aliphatic rings. The molecule has 8 heteroatoms. The van der Waals surface area contributed by atoms with E-state index in [2.05, 4.69) is 42.7 Å². The molecule has 4 N–H and O–H groups in total. The van der Waals surface area contributed by atoms with Crippen molar-refractivity contribution in [2.45, 2.75) is 64.5 Å². The number of hydrogen-bond acceptors (Lipinski definition) is 4. The van der Waals surface area contributed by atoms with E-state index in [-0.39, 0.29) is 18.4 Å². The molecule has 1 saturated heterocycles. The standard InChI is InChI=1S/C35H44ClN3O4/c1-4-24-10-6-11-27(20-24)32-30(13-7-14-31(32)36)35(43,17-9-18-38-34(41)42)28-12-8-19-39(23-28)33(40)29-16-15-25(22-37-3)21-26(29)5-2/h6-7,10-11,13-16,20-21,28,37-38,43H,4-5,8-9,12,17-19,22-23H2,1-3H3,(H,41,42)/t28-,35+/m1/s1. The molecule has 2 amide bonds. The summed E-state index contributed by atoms with van der Waals surface area (Å²) >= 11 is 6.86. The molecule has 0 radical (unpaired) electrons. The lowest BCUT2D eigenvalue weighted by Gasteiger charge is -2.44. The minimum Gasteiger partial charge on any atom is -0.465 e. The number of likely N-dealkylation sites (tertiary alicyclic amines) is 1. The average molecular weight is 606 g/mol. The highest BCUT2D eigenvalue weighted by molar-refractivity contribution is 6.33. The van der Waals surface area contributed by atoms with E-state index in [1.54, 1.807) is 0 Å². The van der Waals surface area contributed by atoms with Crippen LogP contribution in [-0.2, 0) is 25.0 Å². The van der Waals surface area contributed by atoms with E-state index in [4.69, 9.17) is 16.7 Å². The second-order valence-corrected chi connectivity index (χ2v) is 11.8. The molecule has 3 aromatic rings. The summed E-state index contributed by atoms with van der Waals surface area (Å²) < 4.78 is 0. The van der Waals surface area contributed by atoms with E-state index in [0.717, 1.165) is 54.5 Å². The molecule has 0 bridgehead atoms. The highest BCUT2D eigenvalue weighted by Gasteiger charge is 2.43. The Morgan fingerprint density at radius 2 is 1.84 bits per heavy atom. The van der Waals surface area contributed by atoms with Gasteiger partial charge in [-0.3, -0.25) is 4.79 Å². The second-order valence-electron chi connectivity index (χ2n) is 11.4. The molecule has 2 atom stereocenters. The SMILES string of the molecule is CCc1cccc(-c2c(Cl)cccc2[C@](O)(CCCNC(=O)O)[C@@H]2CCCN(C(=O)c3ccc(CNC)cc3CC)C2)c1. The number of carboxylic acid groups (broad SMARTS) is 1. The largest absolute Gasteiger partial charge is 0.465 e. The van der Waals surface area contributed by atoms with Crippen LogP contribution in [0.4, 0.5) is 4.79 Å². The van der Waals surface area contributed by atoms with E-state index in [9.17, 15) is 14.7 Å². The molecule has 7 nitrogen and oxygen atoms in total. The monoisotopic (exact) mass is 605 g/mol. The van der Waals surface area contributed by atoms with E-state index < -0.39 is 11.7 Å². The number of aliphatic hydroxyl groups is 1. The van der Waals surface area contributed by atoms with Gasteiger partial charge >= 0.3 is 6.09 Å². The molecule has 43 heavy (non-hydrogen) atoms. The van der Waals surface area contributed by atoms with Crippen molar-refractivity contribution in [2.75, 3.05) is 26.7 Å². The first-order chi connectivity index (χ1) is 20.7. The highest BCUT2D eigenvalue weighted by atomic mass is 35.5. The maximum Gasteiger partial charge on any atom is 0.404 e. The number of benzene rings is 3. The number of carbonyl (C=O) groups is 2. The number of aryl methyl sites for hydroxylation is 2. The summed E-state index contributed by atoms with van der Waals surface area (Å²) in [5.74, 6) is -0.287. The van der Waals surface area contributed by atoms with Crippen LogP contribution in [0.3, 0.4) is 0 Å². The Bertz CT molecular complexity index is 1430. The van der Waals surface area contributed by atoms with Gasteiger partial charge in [0.2, 0.25) is 0 Å². The topological polar surface area (TPSA) is 102 Å². The summed E-state index contributed by atoms with van der Waals surface area (Å²) in [7, 11) is 1.91. The zero-order valence-electron chi connectivity index (χ0n) is 25.5. The molecule has 1 heterocycles. The Morgan fingerprint density at radius 1 is 1.05 bits per heavy atom. The first kappa shape index (κ1) is 32.5. The van der Waals surface area contributed by atoms with Crippen LogP contribution in [-0.4, -0.2) is 53.8 Å². The number of hydrogen-bond donors (Lipinski definition) is 4. The predicted octanol–water partition coefficient (Wildman–Crippen LogP) is 6.64. The van der Waals surface area contributed by atoms with Crippen LogP contribution in [0.1, 0.15) is 72.1 Å². The minimum atomic E-state index is -1.34. The number of nitrogens with one attached hydrogen (secondary N) is 2. The van der Waals surface area contributed by atoms with Crippen LogP contribution >= 0.6 is 11.6 Å². The maximum atomic E-state index is 13.9. The molecule has 1 aliphatic heterocycles. The first-order valence-electron chi connectivity index (χ1n) is 15.3. The van der Waals surface area contributed by atoms with E-state index >= 15 is 0 Å². The summed E-state index contributed by atoms with van der Waals surface area (Å²) in [6.07, 6.45) is 2.76. The molecular formula is C35H44ClN3O4. The van der Waals surface area contributed by atoms with Crippen LogP contribution < -0.4 is 10.6 Å². The fraction of sp³-hybridized carbons (Fsp3) is 0.429. The lowest BCUT2D eigenvalue weighted by atomic mass is 9.72. The van der Waals surface area contributed by atoms with Gasteiger partial charge in [0.15, 0.2) is 0 Å². The third-order valence-electron chi connectivity index (χ3n) is 8.66. The Balaban J connectivity index is 1.72. The van der Waals surface area contributed by atoms with Gasteiger partial charge in [-0.1, -0.05) is 74.0 Å². The van der Waals surface area contributed by atoms with Crippen molar-refractivity contribution >= 4 is 23.6 Å². The van der Waals surface area contributed by atoms with Crippen molar-refractivity contribution in [3.63, 3.8) is 0 Å². The molecule has 0 aliphatic carbocycles. The minimum absolute atomic E-state index is 0.0191. The number of nitrogens with zero attached hydrogens (tertiary/aromatic N) is 1. The van der Waals surface area contributed by atoms with Crippen LogP contribution in [0.25, 0.3) is 11.1 Å². The van der Waals surface area contributed by atoms with Crippen LogP contribution in [0.2, 0.25) is 5.02 Å². The van der Waals surface area contributed by atoms with Gasteiger partial charge in [-0.25, -0.2) is 4.79 Å². The Kier molecular flexibility index (Phi) is 11.2. The molecular weight excluding hydrogens is 562 g/mol. The number of piperidine rings is 1. The number of rotatable bonds is 12. The normalized spacial score (nSPS) is 16.5. The Labute approximate surface area is 260 Å². The quantitative estimate of drug-likeness (QED) is 0.173. The third kappa shape index (κ3) is 7.58. The summed E-state index contributed by atoms with van der Waals surface area (Å²) in [5.41, 5.74) is 5.11. The van der Waals surface area contributed by atoms with Crippen molar-refractivity contribution in [3.05, 3.63) is 93.5 Å². The van der Waals surface area contributed by atoms with Gasteiger partial charge in [-0.2, -0.15) is 0 Å². The zero-order valence-corrected chi connectivity index (χ0v) is 26.2. The third-order valence-corrected chi connectivity index (χ3v) is 8.98. The van der Waals surface area contributed by atoms with Gasteiger partial charge in [0.1, 0.15) is 0 Å². The lowest BCUT2D eigenvalue weighted by Crippen LogP contribution is -2.48. The number of amides is 2. The average Bonchev–Trinajstić information content (AvgIpc) is 3.02. The van der Waals surface area contributed by atoms with Crippen LogP contribution in [0.15, 0.2) is 60.7 Å². The number of halogens is 1. The van der Waals surface area contributed by atoms with Gasteiger partial charge in [-0.05, 0) is 85.5 Å². The predicted molar refractivity (Wildman–Crippen MR) is 173 cm³/mol. The molecule has 0 unspecified atom stereocenters. The molecule has 0 saturated carbocycles. The maximum absolute atomic E-state index is 13.9. The van der Waals surface area contributed by atoms with Gasteiger partial charge in [0.05, 0.1) is 5.60 Å². The van der Waals surface area contributed by atoms with Crippen LogP contribution in [0, 0.1) is 5.92 Å². The fourth-order valence-electron chi connectivity index (χ4n) is 6.42. The van der Waals surface area contributed by atoms with Crippen molar-refractivity contribution in [2.24, 2.45) is 5.92 Å². The van der Waals surface area contributed by atoms with Crippen molar-refractivity contribution in [1.29, 1.82) is 0 Å². The van der Waals surface area contributed by atoms with E-state index in [0.29, 0.717) is 42.1 Å². The van der Waals surface area contributed by atoms with E-state index in [1.165, 1.54) is 5.56 Å². The Morgan fingerprint density at radius 3 is 2.56 bits per heavy atom. The van der Waals surface area contributed by atoms with Gasteiger partial charge in [-0.15, -0.1) is 0 Å². The lowest BCUT2D eigenvalue weighted by molar-refractivity contribution is -0.0563. The molecule has 0 spiro atoms. The van der Waals surface area contributed by atoms with Crippen molar-refractivity contribution in [3.8, 4) is 11.1 Å². The molecule has 3 aromatic carbocycles. The highest BCUT2D eigenvalue weighted by Crippen LogP contribution is 2.46. The summed E-state index contributed by atoms with van der Waals surface area (Å²) in [5, 5.41) is 28.0.